The number of para-hydroxylation sites is 1. The third-order valence-electron chi connectivity index (χ3n) is 1.20. The molecule has 15 heavy (non-hydrogen) atoms. The predicted octanol–water partition coefficient (Wildman–Crippen LogP) is 2.52. The molecule has 5 heteroatoms. The van der Waals surface area contributed by atoms with Crippen molar-refractivity contribution in [1.82, 2.24) is 0 Å². The number of thiocarbonyl (C=S) groups is 2. The molecule has 0 aliphatic carbocycles. The van der Waals surface area contributed by atoms with Crippen molar-refractivity contribution < 1.29 is 9.53 Å². The van der Waals surface area contributed by atoms with Crippen molar-refractivity contribution in [3.05, 3.63) is 30.3 Å². The van der Waals surface area contributed by atoms with Crippen molar-refractivity contribution in [2.24, 2.45) is 0 Å². The van der Waals surface area contributed by atoms with Gasteiger partial charge in [-0.25, -0.2) is 0 Å². The Balaban J connectivity index is 0.000000583. The fourth-order valence-electron chi connectivity index (χ4n) is 0.721. The van der Waals surface area contributed by atoms with Crippen LogP contribution in [0.25, 0.3) is 0 Å². The van der Waals surface area contributed by atoms with Gasteiger partial charge in [-0.1, -0.05) is 18.2 Å². The van der Waals surface area contributed by atoms with Gasteiger partial charge in [-0.15, -0.1) is 0 Å². The second kappa shape index (κ2) is 8.97. The molecule has 0 atom stereocenters. The second-order valence-electron chi connectivity index (χ2n) is 2.21. The van der Waals surface area contributed by atoms with E-state index in [0.29, 0.717) is 5.75 Å². The number of esters is 1. The van der Waals surface area contributed by atoms with E-state index in [1.54, 1.807) is 30.3 Å². The van der Waals surface area contributed by atoms with Crippen LogP contribution in [-0.4, -0.2) is 10.3 Å². The number of hydrogen-bond donors (Lipinski definition) is 0. The molecule has 3 nitrogen and oxygen atoms in total. The molecule has 76 valence electrons. The number of benzene rings is 1. The van der Waals surface area contributed by atoms with Crippen LogP contribution in [0.15, 0.2) is 30.3 Å². The van der Waals surface area contributed by atoms with Gasteiger partial charge in [0.2, 0.25) is 0 Å². The number of nitriles is 1. The summed E-state index contributed by atoms with van der Waals surface area (Å²) in [6.45, 7) is 0. The van der Waals surface area contributed by atoms with Crippen molar-refractivity contribution in [2.75, 3.05) is 0 Å². The van der Waals surface area contributed by atoms with Gasteiger partial charge in [-0.3, -0.25) is 4.79 Å². The Morgan fingerprint density at radius 1 is 1.33 bits per heavy atom. The molecular formula is C10H7NO2S2. The third-order valence-corrected chi connectivity index (χ3v) is 1.20. The van der Waals surface area contributed by atoms with Crippen LogP contribution in [0.2, 0.25) is 0 Å². The van der Waals surface area contributed by atoms with Crippen LogP contribution in [0, 0.1) is 11.3 Å². The first kappa shape index (κ1) is 13.4. The zero-order chi connectivity index (χ0) is 11.5. The largest absolute Gasteiger partial charge is 0.426 e. The monoisotopic (exact) mass is 237 g/mol. The molecule has 0 amide bonds. The highest BCUT2D eigenvalue weighted by atomic mass is 32.1. The molecule has 0 aliphatic heterocycles. The van der Waals surface area contributed by atoms with E-state index in [4.69, 9.17) is 10.00 Å². The van der Waals surface area contributed by atoms with Crippen molar-refractivity contribution in [2.45, 2.75) is 6.42 Å². The van der Waals surface area contributed by atoms with Crippen LogP contribution in [-0.2, 0) is 4.79 Å². The van der Waals surface area contributed by atoms with E-state index in [-0.39, 0.29) is 6.42 Å². The molecule has 0 fully saturated rings. The fourth-order valence-corrected chi connectivity index (χ4v) is 0.721. The molecule has 0 spiro atoms. The van der Waals surface area contributed by atoms with E-state index < -0.39 is 5.97 Å². The topological polar surface area (TPSA) is 50.1 Å². The predicted molar refractivity (Wildman–Crippen MR) is 62.5 cm³/mol. The minimum Gasteiger partial charge on any atom is -0.426 e. The van der Waals surface area contributed by atoms with E-state index in [9.17, 15) is 4.79 Å². The lowest BCUT2D eigenvalue weighted by Crippen LogP contribution is -2.05. The van der Waals surface area contributed by atoms with E-state index in [1.165, 1.54) is 0 Å². The number of carbonyl (C=O) groups excluding carboxylic acids is 1. The smallest absolute Gasteiger partial charge is 0.325 e. The Hall–Kier alpha value is -1.60. The zero-order valence-electron chi connectivity index (χ0n) is 7.67. The van der Waals surface area contributed by atoms with Gasteiger partial charge in [0.25, 0.3) is 0 Å². The van der Waals surface area contributed by atoms with E-state index >= 15 is 0 Å². The van der Waals surface area contributed by atoms with Crippen LogP contribution in [0.5, 0.6) is 5.75 Å². The average molecular weight is 237 g/mol. The summed E-state index contributed by atoms with van der Waals surface area (Å²) in [6.07, 6.45) is -0.213. The molecule has 1 aromatic rings. The molecule has 0 heterocycles. The maximum absolute atomic E-state index is 10.8. The van der Waals surface area contributed by atoms with Crippen LogP contribution in [0.3, 0.4) is 0 Å². The number of carbonyl (C=O) groups is 1. The molecule has 0 radical (unpaired) electrons. The van der Waals surface area contributed by atoms with E-state index in [1.807, 2.05) is 10.4 Å². The van der Waals surface area contributed by atoms with Crippen LogP contribution < -0.4 is 4.74 Å². The zero-order valence-corrected chi connectivity index (χ0v) is 9.31. The standard InChI is InChI=1S/C9H7NO2.CS2/c10-7-6-9(11)12-8-4-2-1-3-5-8;2-1-3/h1-5H,6H2;. The summed E-state index contributed by atoms with van der Waals surface area (Å²) < 4.78 is 6.71. The Morgan fingerprint density at radius 2 is 1.87 bits per heavy atom. The lowest BCUT2D eigenvalue weighted by molar-refractivity contribution is -0.133. The molecular weight excluding hydrogens is 230 g/mol. The highest BCUT2D eigenvalue weighted by Crippen LogP contribution is 2.08. The molecule has 0 unspecified atom stereocenters. The number of ether oxygens (including phenoxy) is 1. The molecule has 0 bridgehead atoms. The van der Waals surface area contributed by atoms with Gasteiger partial charge in [-0.2, -0.15) is 5.26 Å². The lowest BCUT2D eigenvalue weighted by atomic mass is 10.3. The maximum atomic E-state index is 10.8. The number of hydrogen-bond acceptors (Lipinski definition) is 5. The summed E-state index contributed by atoms with van der Waals surface area (Å²) in [7, 11) is 0. The van der Waals surface area contributed by atoms with Gasteiger partial charge in [-0.05, 0) is 36.6 Å². The number of rotatable bonds is 2. The molecule has 0 N–H and O–H groups in total. The summed E-state index contributed by atoms with van der Waals surface area (Å²) in [4.78, 5) is 10.8. The van der Waals surface area contributed by atoms with E-state index in [2.05, 4.69) is 24.4 Å². The molecule has 0 aromatic heterocycles. The van der Waals surface area contributed by atoms with Gasteiger partial charge in [0.05, 0.1) is 6.07 Å². The molecule has 0 saturated carbocycles. The Bertz CT molecular complexity index is 378. The Labute approximate surface area is 98.3 Å². The summed E-state index contributed by atoms with van der Waals surface area (Å²) in [6, 6.07) is 10.4. The first-order chi connectivity index (χ1) is 7.24. The second-order valence-corrected chi connectivity index (χ2v) is 2.87. The fraction of sp³-hybridized carbons (Fsp3) is 0.100. The van der Waals surface area contributed by atoms with Crippen LogP contribution in [0.4, 0.5) is 0 Å². The molecule has 0 aliphatic rings. The Kier molecular flexibility index (Phi) is 8.02. The van der Waals surface area contributed by atoms with Crippen LogP contribution >= 0.6 is 24.4 Å². The number of nitrogens with zero attached hydrogens (tertiary/aromatic N) is 1. The SMILES string of the molecule is N#CCC(=O)Oc1ccccc1.S=C=S. The van der Waals surface area contributed by atoms with E-state index in [0.717, 1.165) is 0 Å². The summed E-state index contributed by atoms with van der Waals surface area (Å²) in [5.74, 6) is -0.0542. The molecule has 1 aromatic carbocycles. The molecule has 1 rings (SSSR count). The van der Waals surface area contributed by atoms with Gasteiger partial charge >= 0.3 is 5.97 Å². The lowest BCUT2D eigenvalue weighted by Gasteiger charge is -1.99. The summed E-state index contributed by atoms with van der Waals surface area (Å²) in [5, 5.41) is 8.16. The normalized spacial score (nSPS) is 7.40. The van der Waals surface area contributed by atoms with Crippen molar-refractivity contribution >= 4 is 34.7 Å². The van der Waals surface area contributed by atoms with Crippen molar-refractivity contribution in [3.63, 3.8) is 0 Å². The van der Waals surface area contributed by atoms with Gasteiger partial charge < -0.3 is 4.74 Å². The molecule has 0 saturated heterocycles. The first-order valence-corrected chi connectivity index (χ1v) is 4.68. The van der Waals surface area contributed by atoms with Gasteiger partial charge in [0.1, 0.15) is 12.2 Å². The highest BCUT2D eigenvalue weighted by Gasteiger charge is 2.01. The van der Waals surface area contributed by atoms with Gasteiger partial charge in [0.15, 0.2) is 0 Å². The van der Waals surface area contributed by atoms with Crippen molar-refractivity contribution in [1.29, 1.82) is 5.26 Å². The Morgan fingerprint density at radius 3 is 2.33 bits per heavy atom. The summed E-state index contributed by atoms with van der Waals surface area (Å²) >= 11 is 7.92. The maximum Gasteiger partial charge on any atom is 0.325 e. The average Bonchev–Trinajstić information content (AvgIpc) is 2.20. The quantitative estimate of drug-likeness (QED) is 0.449. The van der Waals surface area contributed by atoms with Crippen LogP contribution in [0.1, 0.15) is 6.42 Å². The first-order valence-electron chi connectivity index (χ1n) is 3.86. The minimum absolute atomic E-state index is 0.213. The third kappa shape index (κ3) is 7.47. The highest BCUT2D eigenvalue weighted by molar-refractivity contribution is 7.93. The minimum atomic E-state index is -0.524. The summed E-state index contributed by atoms with van der Waals surface area (Å²) in [5.41, 5.74) is 0. The van der Waals surface area contributed by atoms with Gasteiger partial charge in [0, 0.05) is 4.31 Å². The van der Waals surface area contributed by atoms with Crippen molar-refractivity contribution in [3.8, 4) is 11.8 Å².